The van der Waals surface area contributed by atoms with Crippen molar-refractivity contribution in [3.8, 4) is 17.0 Å². The van der Waals surface area contributed by atoms with E-state index in [9.17, 15) is 13.9 Å². The quantitative estimate of drug-likeness (QED) is 0.428. The lowest BCUT2D eigenvalue weighted by molar-refractivity contribution is 0.416. The standard InChI is InChI=1S/C20H15F2N5O2/c1-10(28)11-3-6-17(29-2)13(7-11)18-14-9-23-20(25-19(14)27-26-18)24-16-5-4-12(21)8-15(16)22/h3-9,28H,1H2,2H3,(H2,23,24,25,26,27). The molecule has 0 fully saturated rings. The molecular formula is C20H15F2N5O2. The lowest BCUT2D eigenvalue weighted by atomic mass is 10.0. The zero-order valence-corrected chi connectivity index (χ0v) is 15.2. The van der Waals surface area contributed by atoms with Gasteiger partial charge >= 0.3 is 0 Å². The number of ether oxygens (including phenoxy) is 1. The summed E-state index contributed by atoms with van der Waals surface area (Å²) in [6.07, 6.45) is 1.52. The molecule has 4 rings (SSSR count). The number of aliphatic hydroxyl groups is 1. The van der Waals surface area contributed by atoms with Crippen LogP contribution in [0.5, 0.6) is 5.75 Å². The highest BCUT2D eigenvalue weighted by atomic mass is 19.1. The van der Waals surface area contributed by atoms with Crippen molar-refractivity contribution in [2.45, 2.75) is 0 Å². The molecule has 0 unspecified atom stereocenters. The second kappa shape index (κ2) is 7.19. The van der Waals surface area contributed by atoms with E-state index in [1.807, 2.05) is 0 Å². The number of fused-ring (bicyclic) bond motifs is 1. The molecule has 2 aromatic carbocycles. The van der Waals surface area contributed by atoms with Gasteiger partial charge in [-0.2, -0.15) is 10.1 Å². The van der Waals surface area contributed by atoms with Crippen LogP contribution in [-0.4, -0.2) is 32.4 Å². The Labute approximate surface area is 163 Å². The molecule has 0 radical (unpaired) electrons. The molecule has 0 aliphatic carbocycles. The van der Waals surface area contributed by atoms with Crippen LogP contribution in [0.2, 0.25) is 0 Å². The topological polar surface area (TPSA) is 96.0 Å². The summed E-state index contributed by atoms with van der Waals surface area (Å²) >= 11 is 0. The maximum atomic E-state index is 13.8. The van der Waals surface area contributed by atoms with Crippen molar-refractivity contribution in [2.75, 3.05) is 12.4 Å². The number of methoxy groups -OCH3 is 1. The molecule has 0 amide bonds. The molecule has 4 aromatic rings. The van der Waals surface area contributed by atoms with E-state index in [0.29, 0.717) is 33.6 Å². The Morgan fingerprint density at radius 2 is 2.03 bits per heavy atom. The number of hydrogen-bond acceptors (Lipinski definition) is 6. The van der Waals surface area contributed by atoms with Crippen LogP contribution in [0.1, 0.15) is 5.56 Å². The molecular weight excluding hydrogens is 380 g/mol. The first-order valence-corrected chi connectivity index (χ1v) is 8.46. The molecule has 0 spiro atoms. The molecule has 0 saturated heterocycles. The lowest BCUT2D eigenvalue weighted by Gasteiger charge is -2.09. The van der Waals surface area contributed by atoms with Gasteiger partial charge in [0.15, 0.2) is 5.65 Å². The van der Waals surface area contributed by atoms with Gasteiger partial charge < -0.3 is 15.2 Å². The van der Waals surface area contributed by atoms with Crippen molar-refractivity contribution in [3.63, 3.8) is 0 Å². The number of aliphatic hydroxyl groups excluding tert-OH is 1. The van der Waals surface area contributed by atoms with E-state index in [-0.39, 0.29) is 17.4 Å². The number of halogens is 2. The first-order valence-electron chi connectivity index (χ1n) is 8.46. The van der Waals surface area contributed by atoms with Gasteiger partial charge in [-0.25, -0.2) is 13.8 Å². The van der Waals surface area contributed by atoms with E-state index >= 15 is 0 Å². The van der Waals surface area contributed by atoms with Gasteiger partial charge in [-0.1, -0.05) is 6.58 Å². The Morgan fingerprint density at radius 3 is 2.76 bits per heavy atom. The molecule has 0 aliphatic heterocycles. The van der Waals surface area contributed by atoms with Crippen LogP contribution in [-0.2, 0) is 0 Å². The predicted molar refractivity (Wildman–Crippen MR) is 105 cm³/mol. The summed E-state index contributed by atoms with van der Waals surface area (Å²) in [6, 6.07) is 8.22. The van der Waals surface area contributed by atoms with Crippen molar-refractivity contribution in [1.82, 2.24) is 20.2 Å². The maximum absolute atomic E-state index is 13.8. The molecule has 0 atom stereocenters. The fraction of sp³-hybridized carbons (Fsp3) is 0.0500. The highest BCUT2D eigenvalue weighted by Gasteiger charge is 2.16. The Kier molecular flexibility index (Phi) is 4.55. The van der Waals surface area contributed by atoms with Crippen LogP contribution in [0.25, 0.3) is 28.0 Å². The van der Waals surface area contributed by atoms with Gasteiger partial charge in [-0.3, -0.25) is 5.10 Å². The van der Waals surface area contributed by atoms with Gasteiger partial charge in [0, 0.05) is 23.4 Å². The third-order valence-corrected chi connectivity index (χ3v) is 4.28. The minimum atomic E-state index is -0.759. The van der Waals surface area contributed by atoms with Gasteiger partial charge in [0.2, 0.25) is 5.95 Å². The first-order chi connectivity index (χ1) is 14.0. The molecule has 3 N–H and O–H groups in total. The summed E-state index contributed by atoms with van der Waals surface area (Å²) in [6.45, 7) is 3.53. The number of nitrogens with zero attached hydrogens (tertiary/aromatic N) is 3. The normalized spacial score (nSPS) is 10.9. The Bertz CT molecular complexity index is 1240. The maximum Gasteiger partial charge on any atom is 0.229 e. The number of nitrogens with one attached hydrogen (secondary N) is 2. The molecule has 0 aliphatic rings. The number of anilines is 2. The van der Waals surface area contributed by atoms with Crippen LogP contribution in [0.3, 0.4) is 0 Å². The van der Waals surface area contributed by atoms with E-state index in [0.717, 1.165) is 12.1 Å². The van der Waals surface area contributed by atoms with Gasteiger partial charge in [0.05, 0.1) is 18.2 Å². The van der Waals surface area contributed by atoms with E-state index in [2.05, 4.69) is 32.1 Å². The third kappa shape index (κ3) is 3.45. The zero-order chi connectivity index (χ0) is 20.5. The summed E-state index contributed by atoms with van der Waals surface area (Å²) in [7, 11) is 1.52. The number of H-pyrrole nitrogens is 1. The SMILES string of the molecule is C=C(O)c1ccc(OC)c(-c2n[nH]c3nc(Nc4ccc(F)cc4F)ncc23)c1. The van der Waals surface area contributed by atoms with E-state index < -0.39 is 11.6 Å². The van der Waals surface area contributed by atoms with Gasteiger partial charge in [0.25, 0.3) is 0 Å². The fourth-order valence-corrected chi connectivity index (χ4v) is 2.86. The average Bonchev–Trinajstić information content (AvgIpc) is 3.12. The summed E-state index contributed by atoms with van der Waals surface area (Å²) in [5, 5.41) is 20.1. The van der Waals surface area contributed by atoms with Crippen LogP contribution < -0.4 is 10.1 Å². The number of hydrogen-bond donors (Lipinski definition) is 3. The second-order valence-corrected chi connectivity index (χ2v) is 6.14. The Balaban J connectivity index is 1.74. The summed E-state index contributed by atoms with van der Waals surface area (Å²) < 4.78 is 32.3. The van der Waals surface area contributed by atoms with E-state index in [4.69, 9.17) is 4.74 Å². The molecule has 29 heavy (non-hydrogen) atoms. The third-order valence-electron chi connectivity index (χ3n) is 4.28. The van der Waals surface area contributed by atoms with Crippen molar-refractivity contribution < 1.29 is 18.6 Å². The number of benzene rings is 2. The predicted octanol–water partition coefficient (Wildman–Crippen LogP) is 4.58. The van der Waals surface area contributed by atoms with Gasteiger partial charge in [-0.05, 0) is 30.3 Å². The van der Waals surface area contributed by atoms with Crippen molar-refractivity contribution in [3.05, 3.63) is 66.4 Å². The minimum Gasteiger partial charge on any atom is -0.508 e. The van der Waals surface area contributed by atoms with Crippen molar-refractivity contribution >= 4 is 28.4 Å². The zero-order valence-electron chi connectivity index (χ0n) is 15.2. The number of rotatable bonds is 5. The van der Waals surface area contributed by atoms with Gasteiger partial charge in [-0.15, -0.1) is 0 Å². The van der Waals surface area contributed by atoms with Gasteiger partial charge in [0.1, 0.15) is 28.8 Å². The summed E-state index contributed by atoms with van der Waals surface area (Å²) in [5.41, 5.74) is 2.08. The molecule has 7 nitrogen and oxygen atoms in total. The smallest absolute Gasteiger partial charge is 0.229 e. The Morgan fingerprint density at radius 1 is 1.21 bits per heavy atom. The average molecular weight is 395 g/mol. The second-order valence-electron chi connectivity index (χ2n) is 6.14. The highest BCUT2D eigenvalue weighted by Crippen LogP contribution is 2.35. The highest BCUT2D eigenvalue weighted by molar-refractivity contribution is 5.93. The molecule has 0 saturated carbocycles. The van der Waals surface area contributed by atoms with Crippen molar-refractivity contribution in [1.29, 1.82) is 0 Å². The monoisotopic (exact) mass is 395 g/mol. The lowest BCUT2D eigenvalue weighted by Crippen LogP contribution is -1.99. The van der Waals surface area contributed by atoms with Crippen LogP contribution >= 0.6 is 0 Å². The molecule has 0 bridgehead atoms. The van der Waals surface area contributed by atoms with Crippen molar-refractivity contribution in [2.24, 2.45) is 0 Å². The summed E-state index contributed by atoms with van der Waals surface area (Å²) in [5.74, 6) is -0.867. The first kappa shape index (κ1) is 18.4. The molecule has 9 heteroatoms. The van der Waals surface area contributed by atoms with Crippen LogP contribution in [0.4, 0.5) is 20.4 Å². The fourth-order valence-electron chi connectivity index (χ4n) is 2.86. The van der Waals surface area contributed by atoms with Crippen LogP contribution in [0, 0.1) is 11.6 Å². The van der Waals surface area contributed by atoms with E-state index in [1.54, 1.807) is 18.2 Å². The molecule has 2 aromatic heterocycles. The summed E-state index contributed by atoms with van der Waals surface area (Å²) in [4.78, 5) is 8.47. The largest absolute Gasteiger partial charge is 0.508 e. The molecule has 146 valence electrons. The number of aromatic nitrogens is 4. The molecule has 2 heterocycles. The van der Waals surface area contributed by atoms with Crippen LogP contribution in [0.15, 0.2) is 49.2 Å². The Hall–Kier alpha value is -4.01. The van der Waals surface area contributed by atoms with E-state index in [1.165, 1.54) is 19.4 Å². The minimum absolute atomic E-state index is 0.0429. The number of aromatic amines is 1.